The van der Waals surface area contributed by atoms with Crippen molar-refractivity contribution in [1.82, 2.24) is 4.90 Å². The summed E-state index contributed by atoms with van der Waals surface area (Å²) in [5.74, 6) is 0.840. The Bertz CT molecular complexity index is 884. The van der Waals surface area contributed by atoms with Gasteiger partial charge in [-0.05, 0) is 38.5 Å². The van der Waals surface area contributed by atoms with Gasteiger partial charge in [0.2, 0.25) is 0 Å². The number of sulfone groups is 1. The first kappa shape index (κ1) is 16.8. The summed E-state index contributed by atoms with van der Waals surface area (Å²) < 4.78 is 34.5. The Kier molecular flexibility index (Phi) is 4.29. The van der Waals surface area contributed by atoms with E-state index >= 15 is 0 Å². The van der Waals surface area contributed by atoms with E-state index in [9.17, 15) is 13.2 Å². The number of ether oxygens (including phenoxy) is 1. The van der Waals surface area contributed by atoms with Crippen LogP contribution in [0.2, 0.25) is 0 Å². The molecule has 0 radical (unpaired) electrons. The summed E-state index contributed by atoms with van der Waals surface area (Å²) in [5, 5.41) is 0.830. The van der Waals surface area contributed by atoms with Crippen molar-refractivity contribution in [3.05, 3.63) is 29.5 Å². The van der Waals surface area contributed by atoms with Gasteiger partial charge in [0.15, 0.2) is 15.6 Å². The molecule has 1 saturated heterocycles. The van der Waals surface area contributed by atoms with E-state index in [-0.39, 0.29) is 29.2 Å². The van der Waals surface area contributed by atoms with Crippen molar-refractivity contribution in [2.45, 2.75) is 26.3 Å². The third kappa shape index (κ3) is 3.00. The van der Waals surface area contributed by atoms with Gasteiger partial charge in [-0.15, -0.1) is 0 Å². The van der Waals surface area contributed by atoms with Crippen LogP contribution in [0.15, 0.2) is 22.6 Å². The third-order valence-corrected chi connectivity index (χ3v) is 6.24. The predicted molar refractivity (Wildman–Crippen MR) is 91.3 cm³/mol. The van der Waals surface area contributed by atoms with Gasteiger partial charge in [0.25, 0.3) is 5.91 Å². The number of nitrogens with zero attached hydrogens (tertiary/aromatic N) is 1. The second-order valence-electron chi connectivity index (χ2n) is 6.12. The number of rotatable bonds is 4. The summed E-state index contributed by atoms with van der Waals surface area (Å²) >= 11 is 0. The number of hydrogen-bond acceptors (Lipinski definition) is 5. The first-order valence-electron chi connectivity index (χ1n) is 7.96. The molecule has 2 aromatic rings. The van der Waals surface area contributed by atoms with Crippen molar-refractivity contribution in [2.24, 2.45) is 0 Å². The Labute approximate surface area is 141 Å². The van der Waals surface area contributed by atoms with Gasteiger partial charge in [-0.1, -0.05) is 0 Å². The molecule has 6 nitrogen and oxygen atoms in total. The van der Waals surface area contributed by atoms with Crippen LogP contribution in [0.4, 0.5) is 0 Å². The smallest absolute Gasteiger partial charge is 0.289 e. The van der Waals surface area contributed by atoms with Gasteiger partial charge in [-0.3, -0.25) is 4.79 Å². The fourth-order valence-electron chi connectivity index (χ4n) is 3.07. The summed E-state index contributed by atoms with van der Waals surface area (Å²) in [4.78, 5) is 14.2. The summed E-state index contributed by atoms with van der Waals surface area (Å²) in [7, 11) is -1.41. The van der Waals surface area contributed by atoms with Crippen LogP contribution in [-0.4, -0.2) is 50.4 Å². The van der Waals surface area contributed by atoms with E-state index in [1.807, 2.05) is 19.9 Å². The number of amides is 1. The van der Waals surface area contributed by atoms with Gasteiger partial charge in [0.05, 0.1) is 18.1 Å². The molecule has 1 aromatic heterocycles. The van der Waals surface area contributed by atoms with Crippen LogP contribution in [0.1, 0.15) is 29.5 Å². The SMILES string of the molecule is CCOc1ccc2oc(C(=O)N(C)[C@H]3CCS(=O)(=O)C3)c(C)c2c1. The normalized spacial score (nSPS) is 19.5. The van der Waals surface area contributed by atoms with Crippen LogP contribution in [-0.2, 0) is 9.84 Å². The summed E-state index contributed by atoms with van der Waals surface area (Å²) in [5.41, 5.74) is 1.36. The highest BCUT2D eigenvalue weighted by Crippen LogP contribution is 2.30. The molecule has 2 heterocycles. The molecule has 130 valence electrons. The molecule has 3 rings (SSSR count). The average Bonchev–Trinajstić information content (AvgIpc) is 3.06. The van der Waals surface area contributed by atoms with Gasteiger partial charge in [-0.2, -0.15) is 0 Å². The van der Waals surface area contributed by atoms with Crippen molar-refractivity contribution >= 4 is 26.7 Å². The van der Waals surface area contributed by atoms with Crippen molar-refractivity contribution < 1.29 is 22.4 Å². The lowest BCUT2D eigenvalue weighted by Crippen LogP contribution is -2.37. The predicted octanol–water partition coefficient (Wildman–Crippen LogP) is 2.40. The minimum Gasteiger partial charge on any atom is -0.494 e. The quantitative estimate of drug-likeness (QED) is 0.845. The van der Waals surface area contributed by atoms with Crippen LogP contribution in [0.5, 0.6) is 5.75 Å². The standard InChI is InChI=1S/C17H21NO5S/c1-4-22-13-5-6-15-14(9-13)11(2)16(23-15)17(19)18(3)12-7-8-24(20,21)10-12/h5-6,9,12H,4,7-8,10H2,1-3H3/t12-/m0/s1. The lowest BCUT2D eigenvalue weighted by Gasteiger charge is -2.22. The molecule has 0 bridgehead atoms. The molecule has 0 spiro atoms. The molecule has 1 aliphatic heterocycles. The van der Waals surface area contributed by atoms with Crippen LogP contribution in [0, 0.1) is 6.92 Å². The average molecular weight is 351 g/mol. The second-order valence-corrected chi connectivity index (χ2v) is 8.35. The lowest BCUT2D eigenvalue weighted by atomic mass is 10.1. The largest absolute Gasteiger partial charge is 0.494 e. The summed E-state index contributed by atoms with van der Waals surface area (Å²) in [6.45, 7) is 4.30. The van der Waals surface area contributed by atoms with E-state index in [1.54, 1.807) is 19.2 Å². The molecular formula is C17H21NO5S. The highest BCUT2D eigenvalue weighted by atomic mass is 32.2. The van der Waals surface area contributed by atoms with Crippen LogP contribution in [0.25, 0.3) is 11.0 Å². The number of carbonyl (C=O) groups is 1. The zero-order chi connectivity index (χ0) is 17.5. The monoisotopic (exact) mass is 351 g/mol. The Morgan fingerprint density at radius 1 is 1.42 bits per heavy atom. The van der Waals surface area contributed by atoms with Gasteiger partial charge in [-0.25, -0.2) is 8.42 Å². The first-order chi connectivity index (χ1) is 11.3. The fourth-order valence-corrected chi connectivity index (χ4v) is 4.84. The van der Waals surface area contributed by atoms with Crippen molar-refractivity contribution in [3.63, 3.8) is 0 Å². The molecule has 0 N–H and O–H groups in total. The highest BCUT2D eigenvalue weighted by molar-refractivity contribution is 7.91. The molecule has 0 saturated carbocycles. The van der Waals surface area contributed by atoms with Gasteiger partial charge >= 0.3 is 0 Å². The topological polar surface area (TPSA) is 76.8 Å². The van der Waals surface area contributed by atoms with E-state index in [1.165, 1.54) is 4.90 Å². The maximum absolute atomic E-state index is 12.7. The number of fused-ring (bicyclic) bond motifs is 1. The van der Waals surface area contributed by atoms with E-state index < -0.39 is 9.84 Å². The van der Waals surface area contributed by atoms with Crippen molar-refractivity contribution in [3.8, 4) is 5.75 Å². The van der Waals surface area contributed by atoms with Crippen molar-refractivity contribution in [2.75, 3.05) is 25.2 Å². The maximum atomic E-state index is 12.7. The van der Waals surface area contributed by atoms with E-state index in [0.29, 0.717) is 18.6 Å². The molecule has 24 heavy (non-hydrogen) atoms. The number of hydrogen-bond donors (Lipinski definition) is 0. The summed E-state index contributed by atoms with van der Waals surface area (Å²) in [6.07, 6.45) is 0.471. The minimum absolute atomic E-state index is 0.0169. The molecule has 0 unspecified atom stereocenters. The Balaban J connectivity index is 1.91. The Morgan fingerprint density at radius 3 is 2.79 bits per heavy atom. The molecule has 1 amide bonds. The van der Waals surface area contributed by atoms with Crippen LogP contribution < -0.4 is 4.74 Å². The third-order valence-electron chi connectivity index (χ3n) is 4.49. The van der Waals surface area contributed by atoms with Crippen molar-refractivity contribution in [1.29, 1.82) is 0 Å². The second kappa shape index (κ2) is 6.12. The minimum atomic E-state index is -3.04. The molecule has 1 aliphatic rings. The van der Waals surface area contributed by atoms with Gasteiger partial charge in [0, 0.05) is 24.0 Å². The molecule has 7 heteroatoms. The number of aryl methyl sites for hydroxylation is 1. The Morgan fingerprint density at radius 2 is 2.17 bits per heavy atom. The van der Waals surface area contributed by atoms with E-state index in [4.69, 9.17) is 9.15 Å². The molecular weight excluding hydrogens is 330 g/mol. The lowest BCUT2D eigenvalue weighted by molar-refractivity contribution is 0.0717. The van der Waals surface area contributed by atoms with E-state index in [0.717, 1.165) is 16.7 Å². The zero-order valence-corrected chi connectivity index (χ0v) is 14.9. The van der Waals surface area contributed by atoms with Gasteiger partial charge < -0.3 is 14.1 Å². The highest BCUT2D eigenvalue weighted by Gasteiger charge is 2.34. The molecule has 1 aromatic carbocycles. The number of furan rings is 1. The Hall–Kier alpha value is -2.02. The number of benzene rings is 1. The van der Waals surface area contributed by atoms with Crippen LogP contribution in [0.3, 0.4) is 0 Å². The van der Waals surface area contributed by atoms with E-state index in [2.05, 4.69) is 0 Å². The molecule has 1 atom stereocenters. The fraction of sp³-hybridized carbons (Fsp3) is 0.471. The first-order valence-corrected chi connectivity index (χ1v) is 9.78. The molecule has 1 fully saturated rings. The van der Waals surface area contributed by atoms with Gasteiger partial charge in [0.1, 0.15) is 11.3 Å². The van der Waals surface area contributed by atoms with Crippen LogP contribution >= 0.6 is 0 Å². The maximum Gasteiger partial charge on any atom is 0.289 e. The molecule has 0 aliphatic carbocycles. The zero-order valence-electron chi connectivity index (χ0n) is 14.0. The summed E-state index contributed by atoms with van der Waals surface area (Å²) in [6, 6.07) is 5.14. The number of carbonyl (C=O) groups excluding carboxylic acids is 1.